The van der Waals surface area contributed by atoms with E-state index >= 15 is 0 Å². The van der Waals surface area contributed by atoms with Crippen LogP contribution in [0.3, 0.4) is 0 Å². The normalized spacial score (nSPS) is 26.6. The molecule has 3 heterocycles. The first-order chi connectivity index (χ1) is 11.0. The van der Waals surface area contributed by atoms with Gasteiger partial charge in [0.05, 0.1) is 5.41 Å². The molecule has 1 N–H and O–H groups in total. The van der Waals surface area contributed by atoms with E-state index in [4.69, 9.17) is 0 Å². The van der Waals surface area contributed by atoms with Crippen molar-refractivity contribution < 1.29 is 14.8 Å². The van der Waals surface area contributed by atoms with Gasteiger partial charge in [-0.25, -0.2) is 4.98 Å². The maximum absolute atomic E-state index is 11.7. The van der Waals surface area contributed by atoms with Crippen LogP contribution in [0.1, 0.15) is 19.3 Å². The minimum absolute atomic E-state index is 0.107. The molecule has 2 aromatic rings. The molecule has 1 saturated heterocycles. The Balaban J connectivity index is 1.72. The van der Waals surface area contributed by atoms with Gasteiger partial charge in [0.25, 0.3) is 0 Å². The molecule has 1 saturated carbocycles. The van der Waals surface area contributed by atoms with Gasteiger partial charge in [-0.05, 0) is 29.7 Å². The highest BCUT2D eigenvalue weighted by atomic mass is 16.6. The molecule has 2 fully saturated rings. The summed E-state index contributed by atoms with van der Waals surface area (Å²) in [5, 5.41) is 25.0. The van der Waals surface area contributed by atoms with Crippen LogP contribution in [0.5, 0.6) is 0 Å². The van der Waals surface area contributed by atoms with Gasteiger partial charge in [0.1, 0.15) is 6.20 Å². The Hall–Kier alpha value is -2.71. The lowest BCUT2D eigenvalue weighted by molar-refractivity contribution is -0.391. The first kappa shape index (κ1) is 13.9. The van der Waals surface area contributed by atoms with Crippen molar-refractivity contribution in [2.75, 3.05) is 18.0 Å². The van der Waals surface area contributed by atoms with Gasteiger partial charge in [-0.1, -0.05) is 16.0 Å². The lowest BCUT2D eigenvalue weighted by Gasteiger charge is -2.23. The molecule has 1 aliphatic carbocycles. The van der Waals surface area contributed by atoms with E-state index in [2.05, 4.69) is 10.1 Å². The molecule has 0 amide bonds. The van der Waals surface area contributed by atoms with Crippen molar-refractivity contribution in [3.63, 3.8) is 0 Å². The van der Waals surface area contributed by atoms with Gasteiger partial charge in [0.2, 0.25) is 5.65 Å². The van der Waals surface area contributed by atoms with Crippen molar-refractivity contribution in [2.24, 2.45) is 11.3 Å². The number of hydrogen-bond acceptors (Lipinski definition) is 6. The average molecular weight is 317 g/mol. The summed E-state index contributed by atoms with van der Waals surface area (Å²) in [6.07, 6.45) is 3.68. The van der Waals surface area contributed by atoms with Gasteiger partial charge in [-0.2, -0.15) is 0 Å². The number of aromatic nitrogens is 3. The number of fused-ring (bicyclic) bond motifs is 2. The molecule has 0 aromatic carbocycles. The summed E-state index contributed by atoms with van der Waals surface area (Å²) in [7, 11) is 0. The van der Waals surface area contributed by atoms with Crippen LogP contribution in [-0.4, -0.2) is 43.7 Å². The number of carboxylic acids is 1. The number of rotatable bonds is 3. The average Bonchev–Trinajstić information content (AvgIpc) is 3.18. The number of nitro groups is 1. The summed E-state index contributed by atoms with van der Waals surface area (Å²) in [5.41, 5.74) is -0.315. The zero-order chi connectivity index (χ0) is 16.2. The fraction of sp³-hybridized carbons (Fsp3) is 0.500. The second-order valence-electron chi connectivity index (χ2n) is 6.27. The van der Waals surface area contributed by atoms with Crippen LogP contribution in [0.25, 0.3) is 5.65 Å². The topological polar surface area (TPSA) is 114 Å². The highest BCUT2D eigenvalue weighted by molar-refractivity contribution is 5.77. The largest absolute Gasteiger partial charge is 0.481 e. The molecule has 120 valence electrons. The number of carboxylic acid groups (broad SMARTS) is 1. The Bertz CT molecular complexity index is 819. The summed E-state index contributed by atoms with van der Waals surface area (Å²) < 4.78 is 1.19. The van der Waals surface area contributed by atoms with Crippen LogP contribution >= 0.6 is 0 Å². The monoisotopic (exact) mass is 317 g/mol. The molecule has 0 spiro atoms. The number of hydrogen-bond donors (Lipinski definition) is 1. The second-order valence-corrected chi connectivity index (χ2v) is 6.27. The van der Waals surface area contributed by atoms with Crippen LogP contribution in [0.2, 0.25) is 0 Å². The van der Waals surface area contributed by atoms with Crippen molar-refractivity contribution in [3.8, 4) is 0 Å². The van der Waals surface area contributed by atoms with E-state index in [9.17, 15) is 20.0 Å². The molecule has 2 aromatic heterocycles. The maximum atomic E-state index is 11.7. The SMILES string of the molecule is O=C(O)[C@@]12CCC[C@H]1CN(c1ccc3ncc([N+](=O)[O-])n3n1)C2. The number of imidazole rings is 1. The van der Waals surface area contributed by atoms with E-state index in [0.717, 1.165) is 12.8 Å². The summed E-state index contributed by atoms with van der Waals surface area (Å²) in [6, 6.07) is 3.40. The van der Waals surface area contributed by atoms with E-state index in [-0.39, 0.29) is 11.7 Å². The Morgan fingerprint density at radius 3 is 3.00 bits per heavy atom. The summed E-state index contributed by atoms with van der Waals surface area (Å²) in [4.78, 5) is 28.1. The van der Waals surface area contributed by atoms with Crippen molar-refractivity contribution >= 4 is 23.3 Å². The lowest BCUT2D eigenvalue weighted by Crippen LogP contribution is -2.35. The standard InChI is InChI=1S/C14H15N5O4/c20-13(21)14-5-1-2-9(14)7-17(8-14)11-4-3-10-15-6-12(19(22)23)18(10)16-11/h3-4,6,9H,1-2,5,7-8H2,(H,20,21)/t9-,14+/m0/s1. The van der Waals surface area contributed by atoms with Crippen LogP contribution in [0.4, 0.5) is 11.6 Å². The third-order valence-electron chi connectivity index (χ3n) is 5.14. The van der Waals surface area contributed by atoms with Crippen molar-refractivity contribution in [3.05, 3.63) is 28.4 Å². The van der Waals surface area contributed by atoms with E-state index in [1.807, 2.05) is 4.90 Å². The van der Waals surface area contributed by atoms with Crippen LogP contribution in [-0.2, 0) is 4.79 Å². The maximum Gasteiger partial charge on any atom is 0.368 e. The van der Waals surface area contributed by atoms with Gasteiger partial charge in [0, 0.05) is 19.2 Å². The fourth-order valence-corrected chi connectivity index (χ4v) is 3.96. The van der Waals surface area contributed by atoms with E-state index in [1.54, 1.807) is 12.1 Å². The number of carbonyl (C=O) groups is 1. The smallest absolute Gasteiger partial charge is 0.368 e. The molecule has 1 aliphatic heterocycles. The summed E-state index contributed by atoms with van der Waals surface area (Å²) in [5.74, 6) is -0.296. The lowest BCUT2D eigenvalue weighted by atomic mass is 9.81. The zero-order valence-corrected chi connectivity index (χ0v) is 12.3. The highest BCUT2D eigenvalue weighted by Gasteiger charge is 2.55. The predicted octanol–water partition coefficient (Wildman–Crippen LogP) is 1.33. The molecule has 0 bridgehead atoms. The molecule has 9 heteroatoms. The minimum Gasteiger partial charge on any atom is -0.481 e. The Morgan fingerprint density at radius 2 is 2.30 bits per heavy atom. The Morgan fingerprint density at radius 1 is 1.48 bits per heavy atom. The van der Waals surface area contributed by atoms with Gasteiger partial charge >= 0.3 is 11.8 Å². The van der Waals surface area contributed by atoms with E-state index in [0.29, 0.717) is 31.0 Å². The molecule has 0 unspecified atom stereocenters. The van der Waals surface area contributed by atoms with Gasteiger partial charge in [-0.3, -0.25) is 4.79 Å². The van der Waals surface area contributed by atoms with Gasteiger partial charge < -0.3 is 20.1 Å². The number of nitrogens with zero attached hydrogens (tertiary/aromatic N) is 5. The van der Waals surface area contributed by atoms with Crippen molar-refractivity contribution in [2.45, 2.75) is 19.3 Å². The summed E-state index contributed by atoms with van der Waals surface area (Å²) in [6.45, 7) is 1.02. The summed E-state index contributed by atoms with van der Waals surface area (Å²) >= 11 is 0. The van der Waals surface area contributed by atoms with Gasteiger partial charge in [0.15, 0.2) is 5.82 Å². The van der Waals surface area contributed by atoms with E-state index in [1.165, 1.54) is 10.7 Å². The third kappa shape index (κ3) is 1.89. The number of aliphatic carboxylic acids is 1. The number of anilines is 1. The molecular formula is C14H15N5O4. The molecule has 2 atom stereocenters. The van der Waals surface area contributed by atoms with Crippen LogP contribution < -0.4 is 4.90 Å². The van der Waals surface area contributed by atoms with Crippen LogP contribution in [0, 0.1) is 21.4 Å². The second kappa shape index (κ2) is 4.64. The molecule has 9 nitrogen and oxygen atoms in total. The molecule has 4 rings (SSSR count). The Kier molecular flexibility index (Phi) is 2.81. The van der Waals surface area contributed by atoms with E-state index < -0.39 is 16.3 Å². The predicted molar refractivity (Wildman–Crippen MR) is 79.3 cm³/mol. The zero-order valence-electron chi connectivity index (χ0n) is 12.3. The van der Waals surface area contributed by atoms with Crippen LogP contribution in [0.15, 0.2) is 18.3 Å². The quantitative estimate of drug-likeness (QED) is 0.671. The Labute approximate surface area is 130 Å². The van der Waals surface area contributed by atoms with Crippen molar-refractivity contribution in [1.82, 2.24) is 14.6 Å². The molecule has 23 heavy (non-hydrogen) atoms. The molecular weight excluding hydrogens is 302 g/mol. The first-order valence-electron chi connectivity index (χ1n) is 7.49. The molecule has 2 aliphatic rings. The third-order valence-corrected chi connectivity index (χ3v) is 5.14. The van der Waals surface area contributed by atoms with Crippen molar-refractivity contribution in [1.29, 1.82) is 0 Å². The highest BCUT2D eigenvalue weighted by Crippen LogP contribution is 2.49. The fourth-order valence-electron chi connectivity index (χ4n) is 3.96. The minimum atomic E-state index is -0.753. The molecule has 0 radical (unpaired) electrons. The first-order valence-corrected chi connectivity index (χ1v) is 7.49. The van der Waals surface area contributed by atoms with Gasteiger partial charge in [-0.15, -0.1) is 0 Å².